The number of aryl methyl sites for hydroxylation is 1. The zero-order valence-corrected chi connectivity index (χ0v) is 29.0. The van der Waals surface area contributed by atoms with Crippen LogP contribution in [0.15, 0.2) is 66.0 Å². The Morgan fingerprint density at radius 1 is 1.06 bits per heavy atom. The average molecular weight is 680 g/mol. The lowest BCUT2D eigenvalue weighted by Crippen LogP contribution is -2.26. The molecule has 0 N–H and O–H groups in total. The minimum Gasteiger partial charge on any atom is -0.493 e. The predicted molar refractivity (Wildman–Crippen MR) is 186 cm³/mol. The Bertz CT molecular complexity index is 1690. The molecule has 6 rings (SSSR count). The van der Waals surface area contributed by atoms with Crippen molar-refractivity contribution >= 4 is 28.9 Å². The van der Waals surface area contributed by atoms with E-state index in [0.717, 1.165) is 68.6 Å². The Morgan fingerprint density at radius 3 is 2.64 bits per heavy atom. The summed E-state index contributed by atoms with van der Waals surface area (Å²) in [5.74, 6) is 2.30. The van der Waals surface area contributed by atoms with Crippen molar-refractivity contribution in [2.24, 2.45) is 11.8 Å². The highest BCUT2D eigenvalue weighted by Crippen LogP contribution is 2.42. The van der Waals surface area contributed by atoms with Crippen molar-refractivity contribution in [2.45, 2.75) is 77.4 Å². The molecule has 250 valence electrons. The van der Waals surface area contributed by atoms with E-state index in [1.165, 1.54) is 27.7 Å². The molecular formula is C36H44Cl2N6O3. The van der Waals surface area contributed by atoms with Gasteiger partial charge in [-0.05, 0) is 101 Å². The lowest BCUT2D eigenvalue weighted by atomic mass is 9.89. The molecular weight excluding hydrogens is 635 g/mol. The number of rotatable bonds is 11. The van der Waals surface area contributed by atoms with Gasteiger partial charge >= 0.3 is 5.69 Å². The number of hydrogen-bond acceptors (Lipinski definition) is 7. The van der Waals surface area contributed by atoms with Crippen LogP contribution in [0.1, 0.15) is 76.6 Å². The molecule has 2 fully saturated rings. The molecule has 47 heavy (non-hydrogen) atoms. The lowest BCUT2D eigenvalue weighted by molar-refractivity contribution is 0.0150. The van der Waals surface area contributed by atoms with Crippen LogP contribution in [-0.4, -0.2) is 50.6 Å². The van der Waals surface area contributed by atoms with Gasteiger partial charge in [0.25, 0.3) is 0 Å². The minimum atomic E-state index is -0.442. The summed E-state index contributed by atoms with van der Waals surface area (Å²) in [6, 6.07) is 14.1. The van der Waals surface area contributed by atoms with Gasteiger partial charge in [-0.25, -0.2) is 19.0 Å². The van der Waals surface area contributed by atoms with Gasteiger partial charge in [0.15, 0.2) is 5.82 Å². The summed E-state index contributed by atoms with van der Waals surface area (Å²) in [5.41, 5.74) is 2.53. The number of benzene rings is 2. The maximum absolute atomic E-state index is 12.7. The first-order valence-corrected chi connectivity index (χ1v) is 17.5. The summed E-state index contributed by atoms with van der Waals surface area (Å²) in [6.07, 6.45) is 12.1. The molecule has 0 saturated carbocycles. The predicted octanol–water partition coefficient (Wildman–Crippen LogP) is 7.67. The van der Waals surface area contributed by atoms with Gasteiger partial charge in [-0.2, -0.15) is 5.10 Å². The van der Waals surface area contributed by atoms with Gasteiger partial charge in [0.2, 0.25) is 0 Å². The molecule has 2 aliphatic rings. The summed E-state index contributed by atoms with van der Waals surface area (Å²) in [4.78, 5) is 24.3. The van der Waals surface area contributed by atoms with Crippen LogP contribution in [0.3, 0.4) is 0 Å². The van der Waals surface area contributed by atoms with E-state index in [-0.39, 0.29) is 17.6 Å². The molecule has 4 aromatic rings. The van der Waals surface area contributed by atoms with Crippen molar-refractivity contribution < 1.29 is 9.47 Å². The number of ether oxygens (including phenoxy) is 2. The van der Waals surface area contributed by atoms with Gasteiger partial charge in [0, 0.05) is 40.3 Å². The largest absolute Gasteiger partial charge is 0.493 e. The van der Waals surface area contributed by atoms with Gasteiger partial charge in [0.1, 0.15) is 12.1 Å². The second kappa shape index (κ2) is 14.8. The number of aromatic nitrogens is 5. The molecule has 2 aliphatic heterocycles. The number of halogens is 2. The molecule has 2 aromatic heterocycles. The first-order valence-electron chi connectivity index (χ1n) is 16.8. The van der Waals surface area contributed by atoms with Gasteiger partial charge in [-0.15, -0.1) is 0 Å². The second-order valence-corrected chi connectivity index (χ2v) is 14.1. The van der Waals surface area contributed by atoms with Gasteiger partial charge in [-0.3, -0.25) is 4.98 Å². The third-order valence-corrected chi connectivity index (χ3v) is 10.3. The van der Waals surface area contributed by atoms with Crippen molar-refractivity contribution in [3.63, 3.8) is 0 Å². The fourth-order valence-electron chi connectivity index (χ4n) is 6.77. The molecule has 0 radical (unpaired) electrons. The number of hydrogen-bond donors (Lipinski definition) is 0. The molecule has 4 heterocycles. The van der Waals surface area contributed by atoms with E-state index in [1.807, 2.05) is 26.0 Å². The minimum absolute atomic E-state index is 0.0445. The van der Waals surface area contributed by atoms with E-state index in [9.17, 15) is 4.79 Å². The standard InChI is InChI=1S/C36H44Cl2N6O3/c1-4-25(2)44-35(45)43(24-41-44)34-21-39-29(20-40-34)9-7-26-6-5-16-42(17-15-26)30-10-12-31(13-11-30)46-22-27-19-36(3,47-23-27)32-14-8-28(37)18-33(32)38/h8,10-14,18,20-21,24-27H,4-7,9,15-17,19,22-23H2,1-3H3. The summed E-state index contributed by atoms with van der Waals surface area (Å²) in [5, 5.41) is 5.51. The first-order chi connectivity index (χ1) is 22.7. The van der Waals surface area contributed by atoms with Crippen LogP contribution in [0.5, 0.6) is 5.75 Å². The average Bonchev–Trinajstić information content (AvgIpc) is 3.56. The quantitative estimate of drug-likeness (QED) is 0.161. The van der Waals surface area contributed by atoms with Crippen LogP contribution < -0.4 is 15.3 Å². The summed E-state index contributed by atoms with van der Waals surface area (Å²) in [7, 11) is 0. The number of nitrogens with zero attached hydrogens (tertiary/aromatic N) is 6. The zero-order chi connectivity index (χ0) is 33.0. The highest BCUT2D eigenvalue weighted by Gasteiger charge is 2.39. The molecule has 9 nitrogen and oxygen atoms in total. The van der Waals surface area contributed by atoms with E-state index in [0.29, 0.717) is 35.0 Å². The summed E-state index contributed by atoms with van der Waals surface area (Å²) < 4.78 is 15.4. The van der Waals surface area contributed by atoms with Gasteiger partial charge < -0.3 is 14.4 Å². The fourth-order valence-corrected chi connectivity index (χ4v) is 7.37. The molecule has 0 aliphatic carbocycles. The van der Waals surface area contributed by atoms with Gasteiger partial charge in [-0.1, -0.05) is 36.2 Å². The molecule has 0 amide bonds. The van der Waals surface area contributed by atoms with E-state index >= 15 is 0 Å². The molecule has 0 spiro atoms. The molecule has 2 saturated heterocycles. The Labute approximate surface area is 286 Å². The Hall–Kier alpha value is -3.40. The van der Waals surface area contributed by atoms with Crippen LogP contribution in [0, 0.1) is 11.8 Å². The van der Waals surface area contributed by atoms with Crippen molar-refractivity contribution in [2.75, 3.05) is 31.2 Å². The van der Waals surface area contributed by atoms with Crippen LogP contribution in [0.4, 0.5) is 5.69 Å². The van der Waals surface area contributed by atoms with Crippen molar-refractivity contribution in [1.82, 2.24) is 24.3 Å². The van der Waals surface area contributed by atoms with Crippen LogP contribution in [0.2, 0.25) is 10.0 Å². The van der Waals surface area contributed by atoms with E-state index in [4.69, 9.17) is 32.7 Å². The molecule has 4 atom stereocenters. The molecule has 2 aromatic carbocycles. The highest BCUT2D eigenvalue weighted by molar-refractivity contribution is 6.35. The van der Waals surface area contributed by atoms with E-state index in [2.05, 4.69) is 51.2 Å². The summed E-state index contributed by atoms with van der Waals surface area (Å²) >= 11 is 12.6. The second-order valence-electron chi connectivity index (χ2n) is 13.2. The Balaban J connectivity index is 0.954. The normalized spacial score (nSPS) is 22.3. The number of anilines is 1. The van der Waals surface area contributed by atoms with E-state index in [1.54, 1.807) is 18.5 Å². The van der Waals surface area contributed by atoms with Crippen molar-refractivity contribution in [3.05, 3.63) is 93.0 Å². The van der Waals surface area contributed by atoms with Crippen LogP contribution in [-0.2, 0) is 16.8 Å². The smallest absolute Gasteiger partial charge is 0.351 e. The SMILES string of the molecule is CCC(C)n1ncn(-c2cnc(CCC3CCCN(c4ccc(OCC5COC(C)(c6ccc(Cl)cc6Cl)C5)cc4)CC3)cn2)c1=O. The molecule has 0 bridgehead atoms. The Kier molecular flexibility index (Phi) is 10.5. The van der Waals surface area contributed by atoms with Crippen molar-refractivity contribution in [3.8, 4) is 11.6 Å². The maximum Gasteiger partial charge on any atom is 0.351 e. The third kappa shape index (κ3) is 7.85. The van der Waals surface area contributed by atoms with Crippen LogP contribution >= 0.6 is 23.2 Å². The zero-order valence-electron chi connectivity index (χ0n) is 27.4. The third-order valence-electron chi connectivity index (χ3n) is 9.80. The molecule has 4 unspecified atom stereocenters. The first kappa shape index (κ1) is 33.5. The highest BCUT2D eigenvalue weighted by atomic mass is 35.5. The van der Waals surface area contributed by atoms with Gasteiger partial charge in [0.05, 0.1) is 42.9 Å². The van der Waals surface area contributed by atoms with Crippen molar-refractivity contribution in [1.29, 1.82) is 0 Å². The molecule has 11 heteroatoms. The monoisotopic (exact) mass is 678 g/mol. The van der Waals surface area contributed by atoms with Crippen LogP contribution in [0.25, 0.3) is 5.82 Å². The lowest BCUT2D eigenvalue weighted by Gasteiger charge is -2.25. The Morgan fingerprint density at radius 2 is 1.89 bits per heavy atom. The topological polar surface area (TPSA) is 87.3 Å². The maximum atomic E-state index is 12.7. The fraction of sp³-hybridized carbons (Fsp3) is 0.500. The van der Waals surface area contributed by atoms with E-state index < -0.39 is 5.60 Å². The summed E-state index contributed by atoms with van der Waals surface area (Å²) in [6.45, 7) is 9.42.